The number of halogens is 1. The summed E-state index contributed by atoms with van der Waals surface area (Å²) in [5, 5.41) is 3.16. The molecule has 4 nitrogen and oxygen atoms in total. The van der Waals surface area contributed by atoms with E-state index in [-0.39, 0.29) is 18.3 Å². The first-order chi connectivity index (χ1) is 7.18. The second kappa shape index (κ2) is 5.84. The van der Waals surface area contributed by atoms with Crippen molar-refractivity contribution in [3.63, 3.8) is 0 Å². The molecule has 94 valence electrons. The molecule has 2 fully saturated rings. The van der Waals surface area contributed by atoms with Crippen LogP contribution in [0.5, 0.6) is 0 Å². The van der Waals surface area contributed by atoms with Crippen LogP contribution in [0.1, 0.15) is 12.8 Å². The summed E-state index contributed by atoms with van der Waals surface area (Å²) in [6, 6.07) is 0.452. The first-order valence-corrected chi connectivity index (χ1v) is 5.84. The number of carbonyl (C=O) groups excluding carboxylic acids is 1. The minimum Gasteiger partial charge on any atom is -0.338 e. The lowest BCUT2D eigenvalue weighted by atomic mass is 10.0. The van der Waals surface area contributed by atoms with Gasteiger partial charge in [0, 0.05) is 32.2 Å². The first-order valence-electron chi connectivity index (χ1n) is 5.84. The van der Waals surface area contributed by atoms with Gasteiger partial charge in [-0.25, -0.2) is 0 Å². The van der Waals surface area contributed by atoms with Crippen LogP contribution in [-0.2, 0) is 4.79 Å². The largest absolute Gasteiger partial charge is 0.338 e. The van der Waals surface area contributed by atoms with Gasteiger partial charge in [0.1, 0.15) is 0 Å². The molecule has 0 aromatic rings. The van der Waals surface area contributed by atoms with E-state index in [2.05, 4.69) is 29.2 Å². The van der Waals surface area contributed by atoms with E-state index in [0.717, 1.165) is 26.2 Å². The van der Waals surface area contributed by atoms with Crippen LogP contribution in [0.3, 0.4) is 0 Å². The van der Waals surface area contributed by atoms with E-state index in [1.54, 1.807) is 0 Å². The molecule has 1 N–H and O–H groups in total. The third-order valence-electron chi connectivity index (χ3n) is 3.37. The van der Waals surface area contributed by atoms with Gasteiger partial charge in [0.25, 0.3) is 0 Å². The highest BCUT2D eigenvalue weighted by Crippen LogP contribution is 2.21. The number of hydrogen-bond acceptors (Lipinski definition) is 3. The van der Waals surface area contributed by atoms with E-state index in [9.17, 15) is 4.79 Å². The summed E-state index contributed by atoms with van der Waals surface area (Å²) in [5.41, 5.74) is 0. The summed E-state index contributed by atoms with van der Waals surface area (Å²) in [6.07, 6.45) is 2.34. The van der Waals surface area contributed by atoms with E-state index in [1.165, 1.54) is 12.8 Å². The lowest BCUT2D eigenvalue weighted by molar-refractivity contribution is -0.138. The standard InChI is InChI=1S/C11H21N3O.ClH/c1-13(2)8-10-4-3-5-14(10)11(15)9-6-12-7-9;/h9-10,12H,3-8H2,1-2H3;1H. The van der Waals surface area contributed by atoms with Crippen molar-refractivity contribution in [3.8, 4) is 0 Å². The molecule has 0 aromatic carbocycles. The Labute approximate surface area is 104 Å². The maximum atomic E-state index is 12.1. The summed E-state index contributed by atoms with van der Waals surface area (Å²) < 4.78 is 0. The normalized spacial score (nSPS) is 25.4. The Hall–Kier alpha value is -0.320. The molecule has 2 heterocycles. The van der Waals surface area contributed by atoms with Gasteiger partial charge in [0.15, 0.2) is 0 Å². The molecule has 5 heteroatoms. The molecule has 1 unspecified atom stereocenters. The maximum Gasteiger partial charge on any atom is 0.228 e. The lowest BCUT2D eigenvalue weighted by Gasteiger charge is -2.34. The van der Waals surface area contributed by atoms with Crippen molar-refractivity contribution < 1.29 is 4.79 Å². The van der Waals surface area contributed by atoms with Gasteiger partial charge >= 0.3 is 0 Å². The first kappa shape index (κ1) is 13.7. The van der Waals surface area contributed by atoms with Gasteiger partial charge in [-0.05, 0) is 26.9 Å². The molecule has 0 aromatic heterocycles. The second-order valence-corrected chi connectivity index (χ2v) is 4.95. The summed E-state index contributed by atoms with van der Waals surface area (Å²) in [7, 11) is 4.15. The van der Waals surface area contributed by atoms with Crippen molar-refractivity contribution in [1.29, 1.82) is 0 Å². The molecular weight excluding hydrogens is 226 g/mol. The van der Waals surface area contributed by atoms with E-state index < -0.39 is 0 Å². The maximum absolute atomic E-state index is 12.1. The number of nitrogens with zero attached hydrogens (tertiary/aromatic N) is 2. The van der Waals surface area contributed by atoms with Gasteiger partial charge < -0.3 is 15.1 Å². The van der Waals surface area contributed by atoms with E-state index in [1.807, 2.05) is 0 Å². The summed E-state index contributed by atoms with van der Waals surface area (Å²) >= 11 is 0. The second-order valence-electron chi connectivity index (χ2n) is 4.95. The number of likely N-dealkylation sites (N-methyl/N-ethyl adjacent to an activating group) is 1. The predicted molar refractivity (Wildman–Crippen MR) is 66.9 cm³/mol. The molecule has 2 rings (SSSR count). The number of rotatable bonds is 3. The van der Waals surface area contributed by atoms with Gasteiger partial charge in [-0.15, -0.1) is 12.4 Å². The van der Waals surface area contributed by atoms with Crippen molar-refractivity contribution in [1.82, 2.24) is 15.1 Å². The Bertz CT molecular complexity index is 243. The van der Waals surface area contributed by atoms with Crippen LogP contribution in [0.25, 0.3) is 0 Å². The quantitative estimate of drug-likeness (QED) is 0.773. The smallest absolute Gasteiger partial charge is 0.228 e. The molecule has 0 radical (unpaired) electrons. The Morgan fingerprint density at radius 1 is 1.44 bits per heavy atom. The number of nitrogens with one attached hydrogen (secondary N) is 1. The Morgan fingerprint density at radius 2 is 2.12 bits per heavy atom. The number of amides is 1. The molecular formula is C11H22ClN3O. The summed E-state index contributed by atoms with van der Waals surface area (Å²) in [5.74, 6) is 0.630. The molecule has 0 spiro atoms. The average Bonchev–Trinajstić information content (AvgIpc) is 2.47. The average molecular weight is 248 g/mol. The highest BCUT2D eigenvalue weighted by molar-refractivity contribution is 5.85. The van der Waals surface area contributed by atoms with Crippen LogP contribution in [0, 0.1) is 5.92 Å². The number of likely N-dealkylation sites (tertiary alicyclic amines) is 1. The Morgan fingerprint density at radius 3 is 2.62 bits per heavy atom. The van der Waals surface area contributed by atoms with Crippen molar-refractivity contribution in [3.05, 3.63) is 0 Å². The topological polar surface area (TPSA) is 35.6 Å². The Balaban J connectivity index is 0.00000128. The van der Waals surface area contributed by atoms with Gasteiger partial charge in [-0.3, -0.25) is 4.79 Å². The molecule has 0 aliphatic carbocycles. The molecule has 2 saturated heterocycles. The minimum absolute atomic E-state index is 0. The van der Waals surface area contributed by atoms with Crippen molar-refractivity contribution in [2.45, 2.75) is 18.9 Å². The van der Waals surface area contributed by atoms with Crippen LogP contribution in [0.2, 0.25) is 0 Å². The molecule has 2 aliphatic heterocycles. The number of carbonyl (C=O) groups is 1. The van der Waals surface area contributed by atoms with Crippen LogP contribution in [0.4, 0.5) is 0 Å². The van der Waals surface area contributed by atoms with Gasteiger partial charge in [0.2, 0.25) is 5.91 Å². The van der Waals surface area contributed by atoms with E-state index >= 15 is 0 Å². The lowest BCUT2D eigenvalue weighted by Crippen LogP contribution is -2.54. The van der Waals surface area contributed by atoms with E-state index in [0.29, 0.717) is 11.9 Å². The molecule has 0 bridgehead atoms. The molecule has 1 amide bonds. The van der Waals surface area contributed by atoms with Crippen molar-refractivity contribution >= 4 is 18.3 Å². The van der Waals surface area contributed by atoms with Crippen LogP contribution >= 0.6 is 12.4 Å². The molecule has 1 atom stereocenters. The zero-order valence-corrected chi connectivity index (χ0v) is 10.9. The van der Waals surface area contributed by atoms with Gasteiger partial charge in [-0.1, -0.05) is 0 Å². The summed E-state index contributed by atoms with van der Waals surface area (Å²) in [4.78, 5) is 16.4. The summed E-state index contributed by atoms with van der Waals surface area (Å²) in [6.45, 7) is 3.73. The van der Waals surface area contributed by atoms with Crippen molar-refractivity contribution in [2.24, 2.45) is 5.92 Å². The monoisotopic (exact) mass is 247 g/mol. The highest BCUT2D eigenvalue weighted by Gasteiger charge is 2.35. The third-order valence-corrected chi connectivity index (χ3v) is 3.37. The van der Waals surface area contributed by atoms with Crippen molar-refractivity contribution in [2.75, 3.05) is 40.3 Å². The number of hydrogen-bond donors (Lipinski definition) is 1. The fourth-order valence-electron chi connectivity index (χ4n) is 2.43. The molecule has 16 heavy (non-hydrogen) atoms. The zero-order chi connectivity index (χ0) is 10.8. The fourth-order valence-corrected chi connectivity index (χ4v) is 2.43. The fraction of sp³-hybridized carbons (Fsp3) is 0.909. The van der Waals surface area contributed by atoms with Crippen LogP contribution < -0.4 is 5.32 Å². The van der Waals surface area contributed by atoms with E-state index in [4.69, 9.17) is 0 Å². The van der Waals surface area contributed by atoms with Crippen LogP contribution in [0.15, 0.2) is 0 Å². The molecule has 0 saturated carbocycles. The third kappa shape index (κ3) is 2.87. The highest BCUT2D eigenvalue weighted by atomic mass is 35.5. The zero-order valence-electron chi connectivity index (χ0n) is 10.1. The molecule has 2 aliphatic rings. The van der Waals surface area contributed by atoms with Gasteiger partial charge in [0.05, 0.1) is 5.92 Å². The predicted octanol–water partition coefficient (Wildman–Crippen LogP) is 0.180. The SMILES string of the molecule is CN(C)CC1CCCN1C(=O)C1CNC1.Cl. The van der Waals surface area contributed by atoms with Crippen LogP contribution in [-0.4, -0.2) is 62.0 Å². The van der Waals surface area contributed by atoms with Gasteiger partial charge in [-0.2, -0.15) is 0 Å². The Kier molecular flexibility index (Phi) is 5.02. The minimum atomic E-state index is 0.